The summed E-state index contributed by atoms with van der Waals surface area (Å²) in [7, 11) is 1.68. The van der Waals surface area contributed by atoms with Gasteiger partial charge in [0.1, 0.15) is 5.75 Å². The van der Waals surface area contributed by atoms with Crippen LogP contribution in [-0.4, -0.2) is 42.2 Å². The highest BCUT2D eigenvalue weighted by Crippen LogP contribution is 2.47. The van der Waals surface area contributed by atoms with Crippen molar-refractivity contribution in [2.24, 2.45) is 11.3 Å². The number of nitrogens with zero attached hydrogens (tertiary/aromatic N) is 1. The Balaban J connectivity index is 1.24. The van der Waals surface area contributed by atoms with Crippen LogP contribution in [0.25, 0.3) is 0 Å². The van der Waals surface area contributed by atoms with Crippen LogP contribution in [0.15, 0.2) is 36.4 Å². The molecule has 2 fully saturated rings. The second kappa shape index (κ2) is 7.18. The van der Waals surface area contributed by atoms with Crippen LogP contribution in [0, 0.1) is 30.1 Å². The molecule has 1 saturated heterocycles. The molecule has 154 valence electrons. The highest BCUT2D eigenvalue weighted by molar-refractivity contribution is 5.71. The van der Waals surface area contributed by atoms with Gasteiger partial charge >= 0.3 is 5.97 Å². The van der Waals surface area contributed by atoms with Gasteiger partial charge in [-0.15, -0.1) is 0 Å². The van der Waals surface area contributed by atoms with E-state index in [1.807, 2.05) is 18.2 Å². The molecule has 2 aromatic rings. The van der Waals surface area contributed by atoms with Crippen molar-refractivity contribution in [2.45, 2.75) is 38.6 Å². The zero-order valence-electron chi connectivity index (χ0n) is 17.6. The Labute approximate surface area is 177 Å². The summed E-state index contributed by atoms with van der Waals surface area (Å²) in [5.41, 5.74) is 6.47. The van der Waals surface area contributed by atoms with Crippen LogP contribution in [-0.2, 0) is 17.6 Å². The third-order valence-electron chi connectivity index (χ3n) is 7.17. The van der Waals surface area contributed by atoms with E-state index in [1.54, 1.807) is 7.11 Å². The average molecular weight is 402 g/mol. The number of methoxy groups -OCH3 is 1. The predicted octanol–water partition coefficient (Wildman–Crippen LogP) is 3.67. The summed E-state index contributed by atoms with van der Waals surface area (Å²) in [6.45, 7) is 4.26. The van der Waals surface area contributed by atoms with Gasteiger partial charge in [0.15, 0.2) is 0 Å². The molecule has 0 amide bonds. The molecule has 1 spiro atoms. The largest absolute Gasteiger partial charge is 0.497 e. The molecule has 2 aromatic carbocycles. The van der Waals surface area contributed by atoms with E-state index in [4.69, 9.17) is 9.84 Å². The molecular formula is C26H27NO3. The third kappa shape index (κ3) is 3.38. The van der Waals surface area contributed by atoms with Crippen molar-refractivity contribution in [3.63, 3.8) is 0 Å². The number of aryl methyl sites for hydroxylation is 1. The molecule has 0 radical (unpaired) electrons. The maximum Gasteiger partial charge on any atom is 0.306 e. The van der Waals surface area contributed by atoms with Gasteiger partial charge in [0.25, 0.3) is 0 Å². The number of aliphatic carboxylic acids is 1. The first kappa shape index (κ1) is 19.2. The first-order valence-electron chi connectivity index (χ1n) is 10.7. The summed E-state index contributed by atoms with van der Waals surface area (Å²) in [4.78, 5) is 13.5. The molecule has 0 unspecified atom stereocenters. The van der Waals surface area contributed by atoms with Gasteiger partial charge in [0.2, 0.25) is 0 Å². The zero-order valence-corrected chi connectivity index (χ0v) is 17.6. The Bertz CT molecular complexity index is 1070. The van der Waals surface area contributed by atoms with Gasteiger partial charge in [0, 0.05) is 35.7 Å². The fraction of sp³-hybridized carbons (Fsp3) is 0.423. The molecular weight excluding hydrogens is 374 g/mol. The lowest BCUT2D eigenvalue weighted by Crippen LogP contribution is -2.63. The number of carboxylic acid groups (broad SMARTS) is 1. The van der Waals surface area contributed by atoms with Crippen LogP contribution in [0.5, 0.6) is 5.75 Å². The smallest absolute Gasteiger partial charge is 0.306 e. The minimum atomic E-state index is -0.631. The minimum absolute atomic E-state index is 0.122. The van der Waals surface area contributed by atoms with Gasteiger partial charge in [0.05, 0.1) is 13.0 Å². The summed E-state index contributed by atoms with van der Waals surface area (Å²) in [6.07, 6.45) is 3.90. The first-order valence-corrected chi connectivity index (χ1v) is 10.7. The lowest BCUT2D eigenvalue weighted by Gasteiger charge is -2.55. The van der Waals surface area contributed by atoms with E-state index in [0.717, 1.165) is 61.2 Å². The summed E-state index contributed by atoms with van der Waals surface area (Å²) >= 11 is 0. The van der Waals surface area contributed by atoms with Gasteiger partial charge in [-0.05, 0) is 79.6 Å². The molecule has 1 heterocycles. The Hall–Kier alpha value is -2.77. The van der Waals surface area contributed by atoms with Crippen LogP contribution < -0.4 is 4.74 Å². The van der Waals surface area contributed by atoms with Crippen LogP contribution in [0.2, 0.25) is 0 Å². The molecule has 30 heavy (non-hydrogen) atoms. The number of ether oxygens (including phenoxy) is 1. The zero-order chi connectivity index (χ0) is 20.9. The molecule has 4 heteroatoms. The number of carboxylic acids is 1. The summed E-state index contributed by atoms with van der Waals surface area (Å²) < 4.78 is 5.27. The van der Waals surface area contributed by atoms with E-state index in [2.05, 4.69) is 41.9 Å². The summed E-state index contributed by atoms with van der Waals surface area (Å²) in [5, 5.41) is 9.09. The van der Waals surface area contributed by atoms with Gasteiger partial charge in [-0.25, -0.2) is 0 Å². The Kier molecular flexibility index (Phi) is 4.60. The van der Waals surface area contributed by atoms with Crippen LogP contribution in [0.4, 0.5) is 0 Å². The molecule has 1 aliphatic heterocycles. The third-order valence-corrected chi connectivity index (χ3v) is 7.17. The highest BCUT2D eigenvalue weighted by Gasteiger charge is 2.51. The van der Waals surface area contributed by atoms with E-state index < -0.39 is 5.97 Å². The molecule has 0 bridgehead atoms. The number of hydrogen-bond acceptors (Lipinski definition) is 3. The number of likely N-dealkylation sites (tertiary alicyclic amines) is 1. The van der Waals surface area contributed by atoms with Crippen molar-refractivity contribution in [3.8, 4) is 17.6 Å². The summed E-state index contributed by atoms with van der Waals surface area (Å²) in [5.74, 6) is 6.75. The van der Waals surface area contributed by atoms with Crippen molar-refractivity contribution in [3.05, 3.63) is 64.2 Å². The standard InChI is InChI=1S/C26H27NO3/c1-17-9-24(30-2)8-7-19(17)5-3-18-4-6-20-13-26(14-22(20)10-18)15-27(16-26)23-11-21(12-23)25(28)29/h4,6-10,21,23H,11-16H2,1-2H3,(H,28,29). The van der Waals surface area contributed by atoms with Gasteiger partial charge < -0.3 is 9.84 Å². The van der Waals surface area contributed by atoms with Gasteiger partial charge in [-0.2, -0.15) is 0 Å². The first-order chi connectivity index (χ1) is 14.4. The second-order valence-corrected chi connectivity index (χ2v) is 9.33. The van der Waals surface area contributed by atoms with Crippen molar-refractivity contribution in [1.82, 2.24) is 4.90 Å². The van der Waals surface area contributed by atoms with Crippen molar-refractivity contribution >= 4 is 5.97 Å². The molecule has 4 nitrogen and oxygen atoms in total. The normalized spacial score (nSPS) is 23.7. The molecule has 5 rings (SSSR count). The Morgan fingerprint density at radius 1 is 1.10 bits per heavy atom. The average Bonchev–Trinajstić information content (AvgIpc) is 3.04. The Morgan fingerprint density at radius 3 is 2.57 bits per heavy atom. The molecule has 0 aromatic heterocycles. The molecule has 1 N–H and O–H groups in total. The van der Waals surface area contributed by atoms with E-state index in [0.29, 0.717) is 11.5 Å². The number of benzene rings is 2. The van der Waals surface area contributed by atoms with E-state index in [1.165, 1.54) is 11.1 Å². The predicted molar refractivity (Wildman–Crippen MR) is 116 cm³/mol. The number of fused-ring (bicyclic) bond motifs is 1. The van der Waals surface area contributed by atoms with E-state index >= 15 is 0 Å². The van der Waals surface area contributed by atoms with Crippen molar-refractivity contribution in [1.29, 1.82) is 0 Å². The van der Waals surface area contributed by atoms with E-state index in [9.17, 15) is 4.79 Å². The van der Waals surface area contributed by atoms with Crippen LogP contribution >= 0.6 is 0 Å². The lowest BCUT2D eigenvalue weighted by atomic mass is 9.71. The molecule has 1 saturated carbocycles. The summed E-state index contributed by atoms with van der Waals surface area (Å²) in [6, 6.07) is 13.1. The van der Waals surface area contributed by atoms with Crippen molar-refractivity contribution in [2.75, 3.05) is 20.2 Å². The Morgan fingerprint density at radius 2 is 1.87 bits per heavy atom. The highest BCUT2D eigenvalue weighted by atomic mass is 16.5. The van der Waals surface area contributed by atoms with Crippen LogP contribution in [0.1, 0.15) is 40.7 Å². The maximum atomic E-state index is 11.0. The van der Waals surface area contributed by atoms with Crippen LogP contribution in [0.3, 0.4) is 0 Å². The second-order valence-electron chi connectivity index (χ2n) is 9.33. The lowest BCUT2D eigenvalue weighted by molar-refractivity contribution is -0.150. The minimum Gasteiger partial charge on any atom is -0.497 e. The number of carbonyl (C=O) groups is 1. The number of rotatable bonds is 3. The number of hydrogen-bond donors (Lipinski definition) is 1. The molecule has 0 atom stereocenters. The quantitative estimate of drug-likeness (QED) is 0.798. The SMILES string of the molecule is COc1ccc(C#Cc2ccc3c(c2)CC2(C3)CN(C3CC(C(=O)O)C3)C2)c(C)c1. The maximum absolute atomic E-state index is 11.0. The fourth-order valence-electron chi connectivity index (χ4n) is 5.34. The monoisotopic (exact) mass is 401 g/mol. The molecule has 3 aliphatic rings. The van der Waals surface area contributed by atoms with E-state index in [-0.39, 0.29) is 5.92 Å². The molecule has 2 aliphatic carbocycles. The van der Waals surface area contributed by atoms with Crippen molar-refractivity contribution < 1.29 is 14.6 Å². The van der Waals surface area contributed by atoms with Gasteiger partial charge in [-0.1, -0.05) is 17.9 Å². The van der Waals surface area contributed by atoms with Gasteiger partial charge in [-0.3, -0.25) is 9.69 Å². The fourth-order valence-corrected chi connectivity index (χ4v) is 5.34. The topological polar surface area (TPSA) is 49.8 Å².